The predicted molar refractivity (Wildman–Crippen MR) is 97.3 cm³/mol. The minimum atomic E-state index is -1.15. The number of hydrogen-bond donors (Lipinski definition) is 2. The largest absolute Gasteiger partial charge is 0.477 e. The number of anilines is 1. The number of nitrogens with zero attached hydrogens (tertiary/aromatic N) is 1. The molecule has 0 saturated carbocycles. The molecule has 2 N–H and O–H groups in total. The van der Waals surface area contributed by atoms with Gasteiger partial charge in [-0.05, 0) is 17.7 Å². The molecule has 2 aromatic carbocycles. The molecule has 0 unspecified atom stereocenters. The molecule has 1 aromatic heterocycles. The lowest BCUT2D eigenvalue weighted by molar-refractivity contribution is 0.0691. The van der Waals surface area contributed by atoms with Crippen molar-refractivity contribution in [1.82, 2.24) is 4.98 Å². The summed E-state index contributed by atoms with van der Waals surface area (Å²) in [5, 5.41) is 9.63. The van der Waals surface area contributed by atoms with Crippen molar-refractivity contribution in [3.05, 3.63) is 76.1 Å². The van der Waals surface area contributed by atoms with Crippen LogP contribution in [0.3, 0.4) is 0 Å². The number of H-pyrrole nitrogens is 1. The van der Waals surface area contributed by atoms with Gasteiger partial charge < -0.3 is 15.0 Å². The summed E-state index contributed by atoms with van der Waals surface area (Å²) in [6.45, 7) is 0.652. The van der Waals surface area contributed by atoms with Gasteiger partial charge in [-0.15, -0.1) is 12.4 Å². The number of nitrogens with one attached hydrogen (secondary N) is 1. The molecule has 5 nitrogen and oxygen atoms in total. The van der Waals surface area contributed by atoms with Gasteiger partial charge in [0.25, 0.3) is 0 Å². The van der Waals surface area contributed by atoms with Crippen molar-refractivity contribution in [3.63, 3.8) is 0 Å². The summed E-state index contributed by atoms with van der Waals surface area (Å²) in [4.78, 5) is 28.2. The van der Waals surface area contributed by atoms with Crippen LogP contribution in [-0.2, 0) is 6.54 Å². The maximum atomic E-state index is 12.1. The number of carboxylic acid groups (broad SMARTS) is 1. The van der Waals surface area contributed by atoms with E-state index in [9.17, 15) is 9.59 Å². The Morgan fingerprint density at radius 2 is 1.83 bits per heavy atom. The Bertz CT molecular complexity index is 922. The fourth-order valence-corrected chi connectivity index (χ4v) is 2.63. The van der Waals surface area contributed by atoms with Gasteiger partial charge in [-0.2, -0.15) is 0 Å². The highest BCUT2D eigenvalue weighted by atomic mass is 35.5. The molecule has 0 aliphatic rings. The molecule has 1 heterocycles. The van der Waals surface area contributed by atoms with Crippen molar-refractivity contribution in [1.29, 1.82) is 0 Å². The number of fused-ring (bicyclic) bond motifs is 1. The molecule has 0 aliphatic heterocycles. The van der Waals surface area contributed by atoms with Crippen LogP contribution >= 0.6 is 12.4 Å². The fraction of sp³-hybridized carbons (Fsp3) is 0.111. The summed E-state index contributed by atoms with van der Waals surface area (Å²) in [5.74, 6) is -1.15. The predicted octanol–water partition coefficient (Wildman–Crippen LogP) is 3.28. The Morgan fingerprint density at radius 3 is 2.50 bits per heavy atom. The van der Waals surface area contributed by atoms with E-state index in [1.165, 1.54) is 0 Å². The second kappa shape index (κ2) is 7.19. The Kier molecular flexibility index (Phi) is 5.26. The summed E-state index contributed by atoms with van der Waals surface area (Å²) >= 11 is 0. The quantitative estimate of drug-likeness (QED) is 0.761. The Hall–Kier alpha value is -2.79. The van der Waals surface area contributed by atoms with E-state index in [-0.39, 0.29) is 23.5 Å². The Balaban J connectivity index is 0.00000208. The highest BCUT2D eigenvalue weighted by molar-refractivity contribution is 5.95. The van der Waals surface area contributed by atoms with Crippen LogP contribution < -0.4 is 10.3 Å². The lowest BCUT2D eigenvalue weighted by atomic mass is 10.1. The molecule has 3 aromatic rings. The van der Waals surface area contributed by atoms with E-state index in [4.69, 9.17) is 5.11 Å². The third-order valence-electron chi connectivity index (χ3n) is 3.75. The first-order valence-electron chi connectivity index (χ1n) is 7.20. The molecule has 0 aliphatic carbocycles. The maximum Gasteiger partial charge on any atom is 0.352 e. The number of benzene rings is 2. The van der Waals surface area contributed by atoms with E-state index in [2.05, 4.69) is 4.98 Å². The number of carboxylic acids is 1. The summed E-state index contributed by atoms with van der Waals surface area (Å²) in [7, 11) is 1.91. The second-order valence-electron chi connectivity index (χ2n) is 5.39. The highest BCUT2D eigenvalue weighted by Gasteiger charge is 2.13. The van der Waals surface area contributed by atoms with Gasteiger partial charge in [0, 0.05) is 25.0 Å². The molecular formula is C18H17ClN2O3. The van der Waals surface area contributed by atoms with Crippen molar-refractivity contribution >= 4 is 35.0 Å². The first-order chi connectivity index (χ1) is 11.1. The number of pyridine rings is 1. The zero-order chi connectivity index (χ0) is 16.4. The van der Waals surface area contributed by atoms with Crippen LogP contribution in [0, 0.1) is 0 Å². The molecule has 0 atom stereocenters. The van der Waals surface area contributed by atoms with E-state index in [0.29, 0.717) is 17.4 Å². The maximum absolute atomic E-state index is 12.1. The van der Waals surface area contributed by atoms with Crippen molar-refractivity contribution < 1.29 is 9.90 Å². The Labute approximate surface area is 145 Å². The molecular weight excluding hydrogens is 328 g/mol. The van der Waals surface area contributed by atoms with Gasteiger partial charge in [-0.1, -0.05) is 36.4 Å². The third kappa shape index (κ3) is 3.41. The fourth-order valence-electron chi connectivity index (χ4n) is 2.63. The average molecular weight is 345 g/mol. The number of hydrogen-bond acceptors (Lipinski definition) is 3. The first-order valence-corrected chi connectivity index (χ1v) is 7.20. The molecule has 6 heteroatoms. The molecule has 0 saturated heterocycles. The molecule has 0 bridgehead atoms. The van der Waals surface area contributed by atoms with Crippen LogP contribution in [0.2, 0.25) is 0 Å². The summed E-state index contributed by atoms with van der Waals surface area (Å²) in [5.41, 5.74) is 2.04. The van der Waals surface area contributed by atoms with Gasteiger partial charge in [-0.25, -0.2) is 4.79 Å². The minimum Gasteiger partial charge on any atom is -0.477 e. The van der Waals surface area contributed by atoms with Crippen LogP contribution in [0.15, 0.2) is 59.4 Å². The summed E-state index contributed by atoms with van der Waals surface area (Å²) in [6, 6.07) is 16.4. The number of aromatic nitrogens is 1. The number of rotatable bonds is 4. The number of halogens is 1. The van der Waals surface area contributed by atoms with Gasteiger partial charge in [0.1, 0.15) is 5.69 Å². The number of para-hydroxylation sites is 1. The second-order valence-corrected chi connectivity index (χ2v) is 5.39. The van der Waals surface area contributed by atoms with Gasteiger partial charge in [0.05, 0.1) is 11.2 Å². The van der Waals surface area contributed by atoms with E-state index < -0.39 is 5.97 Å². The van der Waals surface area contributed by atoms with Crippen LogP contribution in [0.25, 0.3) is 10.9 Å². The molecule has 24 heavy (non-hydrogen) atoms. The molecule has 0 spiro atoms. The van der Waals surface area contributed by atoms with Crippen LogP contribution in [0.5, 0.6) is 0 Å². The number of aromatic amines is 1. The Morgan fingerprint density at radius 1 is 1.12 bits per heavy atom. The molecule has 0 fully saturated rings. The average Bonchev–Trinajstić information content (AvgIpc) is 2.55. The molecule has 0 radical (unpaired) electrons. The number of aromatic carboxylic acids is 1. The normalized spacial score (nSPS) is 10.2. The standard InChI is InChI=1S/C18H16N2O3.ClH/c1-20(11-12-6-3-2-4-7-12)15-9-5-8-13-16(21)10-14(18(22)23)19-17(13)15;/h2-10H,11H2,1H3,(H,19,21)(H,22,23);1H. The van der Waals surface area contributed by atoms with Crippen molar-refractivity contribution in [2.24, 2.45) is 0 Å². The van der Waals surface area contributed by atoms with Crippen LogP contribution in [0.4, 0.5) is 5.69 Å². The molecule has 0 amide bonds. The third-order valence-corrected chi connectivity index (χ3v) is 3.75. The van der Waals surface area contributed by atoms with Gasteiger partial charge in [0.15, 0.2) is 5.43 Å². The monoisotopic (exact) mass is 344 g/mol. The van der Waals surface area contributed by atoms with Crippen molar-refractivity contribution in [2.75, 3.05) is 11.9 Å². The van der Waals surface area contributed by atoms with E-state index in [1.54, 1.807) is 12.1 Å². The topological polar surface area (TPSA) is 73.4 Å². The van der Waals surface area contributed by atoms with Crippen LogP contribution in [-0.4, -0.2) is 23.1 Å². The van der Waals surface area contributed by atoms with E-state index in [1.807, 2.05) is 48.3 Å². The smallest absolute Gasteiger partial charge is 0.352 e. The zero-order valence-corrected chi connectivity index (χ0v) is 13.8. The van der Waals surface area contributed by atoms with Gasteiger partial charge in [0.2, 0.25) is 0 Å². The minimum absolute atomic E-state index is 0. The summed E-state index contributed by atoms with van der Waals surface area (Å²) < 4.78 is 0. The number of carbonyl (C=O) groups is 1. The van der Waals surface area contributed by atoms with Gasteiger partial charge >= 0.3 is 5.97 Å². The van der Waals surface area contributed by atoms with Crippen molar-refractivity contribution in [3.8, 4) is 0 Å². The van der Waals surface area contributed by atoms with Gasteiger partial charge in [-0.3, -0.25) is 4.79 Å². The van der Waals surface area contributed by atoms with E-state index >= 15 is 0 Å². The lowest BCUT2D eigenvalue weighted by Gasteiger charge is -2.21. The van der Waals surface area contributed by atoms with Crippen LogP contribution in [0.1, 0.15) is 16.1 Å². The SMILES string of the molecule is CN(Cc1ccccc1)c1cccc2c(=O)cc(C(=O)O)[nH]c12.Cl. The highest BCUT2D eigenvalue weighted by Crippen LogP contribution is 2.24. The van der Waals surface area contributed by atoms with E-state index in [0.717, 1.165) is 17.3 Å². The summed E-state index contributed by atoms with van der Waals surface area (Å²) in [6.07, 6.45) is 0. The zero-order valence-electron chi connectivity index (χ0n) is 13.0. The lowest BCUT2D eigenvalue weighted by Crippen LogP contribution is -2.18. The van der Waals surface area contributed by atoms with Crippen molar-refractivity contribution in [2.45, 2.75) is 6.54 Å². The first kappa shape index (κ1) is 17.6. The molecule has 3 rings (SSSR count). The molecule has 124 valence electrons.